The Kier molecular flexibility index (Phi) is 5.19. The van der Waals surface area contributed by atoms with E-state index in [4.69, 9.17) is 0 Å². The minimum atomic E-state index is -0.448. The van der Waals surface area contributed by atoms with Crippen LogP contribution < -0.4 is 16.2 Å². The third-order valence-corrected chi connectivity index (χ3v) is 5.93. The molecule has 2 amide bonds. The van der Waals surface area contributed by atoms with Crippen LogP contribution >= 0.6 is 22.7 Å². The van der Waals surface area contributed by atoms with Gasteiger partial charge in [-0.25, -0.2) is 10.1 Å². The summed E-state index contributed by atoms with van der Waals surface area (Å²) in [5, 5.41) is 14.9. The zero-order chi connectivity index (χ0) is 20.4. The van der Waals surface area contributed by atoms with Crippen LogP contribution in [0.15, 0.2) is 46.6 Å². The molecular weight excluding hydrogens is 410 g/mol. The predicted molar refractivity (Wildman–Crippen MR) is 113 cm³/mol. The van der Waals surface area contributed by atoms with Crippen LogP contribution in [0.2, 0.25) is 0 Å². The van der Waals surface area contributed by atoms with E-state index < -0.39 is 5.91 Å². The van der Waals surface area contributed by atoms with Gasteiger partial charge in [-0.05, 0) is 18.2 Å². The number of aromatic amines is 1. The number of H-pyrrole nitrogens is 1. The lowest BCUT2D eigenvalue weighted by molar-refractivity contribution is -0.119. The van der Waals surface area contributed by atoms with Crippen molar-refractivity contribution >= 4 is 50.4 Å². The maximum absolute atomic E-state index is 12.7. The number of hydrogen-bond donors (Lipinski definition) is 3. The number of benzene rings is 1. The molecule has 4 aromatic rings. The van der Waals surface area contributed by atoms with Crippen LogP contribution in [0.25, 0.3) is 21.3 Å². The largest absolute Gasteiger partial charge is 0.351 e. The second-order valence-corrected chi connectivity index (χ2v) is 8.14. The summed E-state index contributed by atoms with van der Waals surface area (Å²) in [5.41, 5.74) is 0.524. The first kappa shape index (κ1) is 19.0. The van der Waals surface area contributed by atoms with Crippen molar-refractivity contribution in [2.24, 2.45) is 0 Å². The Morgan fingerprint density at radius 3 is 2.72 bits per heavy atom. The summed E-state index contributed by atoms with van der Waals surface area (Å²) in [6, 6.07) is 10.7. The fraction of sp³-hybridized carbons (Fsp3) is 0.105. The van der Waals surface area contributed by atoms with Gasteiger partial charge in [0.2, 0.25) is 5.91 Å². The Morgan fingerprint density at radius 2 is 1.93 bits per heavy atom. The quantitative estimate of drug-likeness (QED) is 0.454. The molecule has 0 unspecified atom stereocenters. The number of nitrogens with one attached hydrogen (secondary N) is 3. The van der Waals surface area contributed by atoms with Gasteiger partial charge in [-0.15, -0.1) is 22.7 Å². The van der Waals surface area contributed by atoms with E-state index in [-0.39, 0.29) is 17.2 Å². The molecule has 0 aliphatic heterocycles. The summed E-state index contributed by atoms with van der Waals surface area (Å²) in [7, 11) is 0. The molecule has 4 rings (SSSR count). The minimum Gasteiger partial charge on any atom is -0.351 e. The topological polar surface area (TPSA) is 117 Å². The van der Waals surface area contributed by atoms with E-state index in [1.807, 2.05) is 17.5 Å². The fourth-order valence-electron chi connectivity index (χ4n) is 2.71. The van der Waals surface area contributed by atoms with Crippen molar-refractivity contribution < 1.29 is 9.59 Å². The van der Waals surface area contributed by atoms with Crippen molar-refractivity contribution in [2.75, 3.05) is 5.32 Å². The maximum atomic E-state index is 12.7. The molecule has 0 bridgehead atoms. The van der Waals surface area contributed by atoms with Crippen LogP contribution in [-0.2, 0) is 11.3 Å². The Balaban J connectivity index is 1.53. The number of nitrogens with zero attached hydrogens (tertiary/aromatic N) is 2. The van der Waals surface area contributed by atoms with Crippen molar-refractivity contribution in [1.29, 1.82) is 0 Å². The number of anilines is 1. The predicted octanol–water partition coefficient (Wildman–Crippen LogP) is 3.00. The molecule has 0 aliphatic carbocycles. The molecule has 1 aromatic carbocycles. The summed E-state index contributed by atoms with van der Waals surface area (Å²) in [5.74, 6) is -0.530. The van der Waals surface area contributed by atoms with E-state index in [1.54, 1.807) is 24.3 Å². The molecule has 10 heteroatoms. The maximum Gasteiger partial charge on any atom is 0.278 e. The van der Waals surface area contributed by atoms with Gasteiger partial charge in [-0.3, -0.25) is 19.7 Å². The summed E-state index contributed by atoms with van der Waals surface area (Å²) in [6.07, 6.45) is 0. The number of thiophene rings is 1. The summed E-state index contributed by atoms with van der Waals surface area (Å²) in [4.78, 5) is 42.0. The molecule has 0 saturated heterocycles. The average Bonchev–Trinajstić information content (AvgIpc) is 3.36. The van der Waals surface area contributed by atoms with Crippen molar-refractivity contribution in [3.8, 4) is 10.6 Å². The van der Waals surface area contributed by atoms with Crippen LogP contribution in [0, 0.1) is 0 Å². The van der Waals surface area contributed by atoms with Crippen molar-refractivity contribution in [2.45, 2.75) is 13.5 Å². The first-order valence-electron chi connectivity index (χ1n) is 8.59. The standard InChI is InChI=1S/C19H15N5O3S2/c1-10(25)20-8-11-6-7-15(29-11)14-9-28-19(21-14)22-18(27)16-12-4-2-3-5-13(12)17(26)24-23-16/h2-7,9H,8H2,1H3,(H,20,25)(H,24,26)(H,21,22,27). The Morgan fingerprint density at radius 1 is 1.14 bits per heavy atom. The highest BCUT2D eigenvalue weighted by Gasteiger charge is 2.16. The lowest BCUT2D eigenvalue weighted by atomic mass is 10.1. The van der Waals surface area contributed by atoms with Crippen LogP contribution in [0.1, 0.15) is 22.3 Å². The molecule has 3 aromatic heterocycles. The van der Waals surface area contributed by atoms with Gasteiger partial charge in [0.1, 0.15) is 0 Å². The zero-order valence-corrected chi connectivity index (χ0v) is 16.8. The number of hydrogen-bond acceptors (Lipinski definition) is 7. The smallest absolute Gasteiger partial charge is 0.278 e. The van der Waals surface area contributed by atoms with Gasteiger partial charge in [-0.2, -0.15) is 5.10 Å². The van der Waals surface area contributed by atoms with Crippen molar-refractivity contribution in [1.82, 2.24) is 20.5 Å². The second-order valence-electron chi connectivity index (χ2n) is 6.11. The molecule has 0 radical (unpaired) electrons. The monoisotopic (exact) mass is 425 g/mol. The molecule has 29 heavy (non-hydrogen) atoms. The minimum absolute atomic E-state index is 0.0815. The number of aromatic nitrogens is 3. The molecule has 146 valence electrons. The second kappa shape index (κ2) is 7.94. The third-order valence-electron chi connectivity index (χ3n) is 4.06. The van der Waals surface area contributed by atoms with Crippen molar-refractivity contribution in [3.63, 3.8) is 0 Å². The van der Waals surface area contributed by atoms with Crippen LogP contribution in [-0.4, -0.2) is 27.0 Å². The molecule has 0 aliphatic rings. The Hall–Kier alpha value is -3.37. The highest BCUT2D eigenvalue weighted by atomic mass is 32.1. The molecule has 0 spiro atoms. The first-order chi connectivity index (χ1) is 14.0. The van der Waals surface area contributed by atoms with E-state index in [2.05, 4.69) is 25.8 Å². The molecule has 8 nitrogen and oxygen atoms in total. The first-order valence-corrected chi connectivity index (χ1v) is 10.3. The number of fused-ring (bicyclic) bond motifs is 1. The highest BCUT2D eigenvalue weighted by Crippen LogP contribution is 2.31. The molecule has 0 atom stereocenters. The molecule has 3 N–H and O–H groups in total. The number of carbonyl (C=O) groups is 2. The van der Waals surface area contributed by atoms with E-state index in [0.29, 0.717) is 22.4 Å². The number of rotatable bonds is 5. The van der Waals surface area contributed by atoms with Gasteiger partial charge in [0.25, 0.3) is 11.5 Å². The van der Waals surface area contributed by atoms with Crippen LogP contribution in [0.5, 0.6) is 0 Å². The van der Waals surface area contributed by atoms with E-state index >= 15 is 0 Å². The van der Waals surface area contributed by atoms with Crippen LogP contribution in [0.3, 0.4) is 0 Å². The molecule has 0 saturated carbocycles. The van der Waals surface area contributed by atoms with E-state index in [1.165, 1.54) is 29.6 Å². The summed E-state index contributed by atoms with van der Waals surface area (Å²) >= 11 is 2.82. The van der Waals surface area contributed by atoms with E-state index in [9.17, 15) is 14.4 Å². The molecule has 3 heterocycles. The van der Waals surface area contributed by atoms with Gasteiger partial charge in [0.05, 0.1) is 22.5 Å². The SMILES string of the molecule is CC(=O)NCc1ccc(-c2csc(NC(=O)c3n[nH]c(=O)c4ccccc34)n2)s1. The molecule has 0 fully saturated rings. The van der Waals surface area contributed by atoms with Crippen LogP contribution in [0.4, 0.5) is 5.13 Å². The van der Waals surface area contributed by atoms with Crippen molar-refractivity contribution in [3.05, 3.63) is 62.7 Å². The normalized spacial score (nSPS) is 10.8. The average molecular weight is 425 g/mol. The lowest BCUT2D eigenvalue weighted by Crippen LogP contribution is -2.19. The molecular formula is C19H15N5O3S2. The van der Waals surface area contributed by atoms with Gasteiger partial charge >= 0.3 is 0 Å². The van der Waals surface area contributed by atoms with Gasteiger partial charge in [-0.1, -0.05) is 18.2 Å². The number of amides is 2. The Labute approximate surface area is 172 Å². The zero-order valence-electron chi connectivity index (χ0n) is 15.2. The van der Waals surface area contributed by atoms with Gasteiger partial charge in [0.15, 0.2) is 10.8 Å². The summed E-state index contributed by atoms with van der Waals surface area (Å²) < 4.78 is 0. The van der Waals surface area contributed by atoms with Gasteiger partial charge in [0, 0.05) is 22.6 Å². The highest BCUT2D eigenvalue weighted by molar-refractivity contribution is 7.17. The van der Waals surface area contributed by atoms with E-state index in [0.717, 1.165) is 15.4 Å². The number of thiazole rings is 1. The van der Waals surface area contributed by atoms with Gasteiger partial charge < -0.3 is 5.32 Å². The Bertz CT molecular complexity index is 1270. The summed E-state index contributed by atoms with van der Waals surface area (Å²) in [6.45, 7) is 1.95. The number of carbonyl (C=O) groups excluding carboxylic acids is 2. The lowest BCUT2D eigenvalue weighted by Gasteiger charge is -2.04. The fourth-order valence-corrected chi connectivity index (χ4v) is 4.40. The third kappa shape index (κ3) is 4.08.